The van der Waals surface area contributed by atoms with Gasteiger partial charge in [0.2, 0.25) is 0 Å². The van der Waals surface area contributed by atoms with Crippen LogP contribution in [0.2, 0.25) is 0 Å². The minimum atomic E-state index is 0.301. The molecule has 20 heavy (non-hydrogen) atoms. The molecular formula is C17H34N2O. The van der Waals surface area contributed by atoms with Gasteiger partial charge in [0.05, 0.1) is 0 Å². The lowest BCUT2D eigenvalue weighted by atomic mass is 9.76. The van der Waals surface area contributed by atoms with E-state index in [2.05, 4.69) is 24.5 Å². The second-order valence-corrected chi connectivity index (χ2v) is 7.14. The number of nitrogens with one attached hydrogen (secondary N) is 2. The number of hydrogen-bond donors (Lipinski definition) is 3. The van der Waals surface area contributed by atoms with Crippen LogP contribution in [0.5, 0.6) is 0 Å². The van der Waals surface area contributed by atoms with Crippen molar-refractivity contribution in [2.24, 2.45) is 11.8 Å². The average Bonchev–Trinajstić information content (AvgIpc) is 2.48. The first-order valence-corrected chi connectivity index (χ1v) is 8.82. The van der Waals surface area contributed by atoms with Crippen molar-refractivity contribution in [3.05, 3.63) is 0 Å². The normalized spacial score (nSPS) is 33.3. The van der Waals surface area contributed by atoms with Gasteiger partial charge in [0, 0.05) is 24.7 Å². The topological polar surface area (TPSA) is 44.3 Å². The summed E-state index contributed by atoms with van der Waals surface area (Å²) in [5, 5.41) is 16.9. The molecule has 0 amide bonds. The standard InChI is InChI=1S/C17H34N2O/c1-13(2)15(10-12-20)19-17-9-4-3-7-14(17)16-8-5-6-11-18-16/h13-20H,3-12H2,1-2H3. The minimum Gasteiger partial charge on any atom is -0.396 e. The maximum atomic E-state index is 9.28. The zero-order chi connectivity index (χ0) is 14.4. The molecule has 3 nitrogen and oxygen atoms in total. The predicted octanol–water partition coefficient (Wildman–Crippen LogP) is 2.68. The van der Waals surface area contributed by atoms with Gasteiger partial charge in [-0.2, -0.15) is 0 Å². The van der Waals surface area contributed by atoms with Crippen LogP contribution < -0.4 is 10.6 Å². The molecule has 0 aromatic rings. The molecular weight excluding hydrogens is 248 g/mol. The minimum absolute atomic E-state index is 0.301. The van der Waals surface area contributed by atoms with Crippen molar-refractivity contribution in [2.45, 2.75) is 83.3 Å². The van der Waals surface area contributed by atoms with Crippen molar-refractivity contribution in [3.8, 4) is 0 Å². The van der Waals surface area contributed by atoms with E-state index < -0.39 is 0 Å². The summed E-state index contributed by atoms with van der Waals surface area (Å²) in [5.41, 5.74) is 0. The third-order valence-corrected chi connectivity index (χ3v) is 5.36. The Bertz CT molecular complexity index is 264. The average molecular weight is 282 g/mol. The molecule has 1 aliphatic heterocycles. The third kappa shape index (κ3) is 4.44. The van der Waals surface area contributed by atoms with Crippen molar-refractivity contribution in [1.29, 1.82) is 0 Å². The highest BCUT2D eigenvalue weighted by atomic mass is 16.3. The van der Waals surface area contributed by atoms with E-state index in [9.17, 15) is 5.11 Å². The van der Waals surface area contributed by atoms with Crippen molar-refractivity contribution in [1.82, 2.24) is 10.6 Å². The quantitative estimate of drug-likeness (QED) is 0.702. The van der Waals surface area contributed by atoms with Crippen LogP contribution in [-0.2, 0) is 0 Å². The molecule has 0 radical (unpaired) electrons. The van der Waals surface area contributed by atoms with Crippen molar-refractivity contribution in [3.63, 3.8) is 0 Å². The molecule has 1 saturated carbocycles. The number of aliphatic hydroxyl groups excluding tert-OH is 1. The van der Waals surface area contributed by atoms with E-state index >= 15 is 0 Å². The van der Waals surface area contributed by atoms with Crippen LogP contribution in [0.3, 0.4) is 0 Å². The summed E-state index contributed by atoms with van der Waals surface area (Å²) in [4.78, 5) is 0. The molecule has 0 aromatic heterocycles. The summed E-state index contributed by atoms with van der Waals surface area (Å²) in [7, 11) is 0. The molecule has 0 aromatic carbocycles. The number of hydrogen-bond acceptors (Lipinski definition) is 3. The Labute approximate surface area is 124 Å². The summed E-state index contributed by atoms with van der Waals surface area (Å²) in [6, 6.07) is 1.84. The van der Waals surface area contributed by atoms with E-state index in [0.717, 1.165) is 18.4 Å². The Morgan fingerprint density at radius 2 is 1.85 bits per heavy atom. The molecule has 4 unspecified atom stereocenters. The Balaban J connectivity index is 1.94. The van der Waals surface area contributed by atoms with Gasteiger partial charge in [0.1, 0.15) is 0 Å². The fourth-order valence-electron chi connectivity index (χ4n) is 4.12. The molecule has 1 saturated heterocycles. The third-order valence-electron chi connectivity index (χ3n) is 5.36. The lowest BCUT2D eigenvalue weighted by molar-refractivity contribution is 0.152. The van der Waals surface area contributed by atoms with Gasteiger partial charge in [-0.1, -0.05) is 33.1 Å². The molecule has 1 aliphatic carbocycles. The molecule has 2 fully saturated rings. The number of piperidine rings is 1. The molecule has 0 bridgehead atoms. The van der Waals surface area contributed by atoms with Crippen LogP contribution in [0.4, 0.5) is 0 Å². The Morgan fingerprint density at radius 3 is 2.50 bits per heavy atom. The van der Waals surface area contributed by atoms with Gasteiger partial charge in [-0.15, -0.1) is 0 Å². The highest BCUT2D eigenvalue weighted by molar-refractivity contribution is 4.92. The van der Waals surface area contributed by atoms with Crippen LogP contribution in [0.15, 0.2) is 0 Å². The summed E-state index contributed by atoms with van der Waals surface area (Å²) in [6.45, 7) is 6.04. The van der Waals surface area contributed by atoms with Crippen LogP contribution in [0.25, 0.3) is 0 Å². The Hall–Kier alpha value is -0.120. The zero-order valence-electron chi connectivity index (χ0n) is 13.4. The molecule has 3 heteroatoms. The summed E-state index contributed by atoms with van der Waals surface area (Å²) < 4.78 is 0. The van der Waals surface area contributed by atoms with E-state index in [1.807, 2.05) is 0 Å². The van der Waals surface area contributed by atoms with Gasteiger partial charge < -0.3 is 15.7 Å². The number of rotatable bonds is 6. The molecule has 118 valence electrons. The van der Waals surface area contributed by atoms with Crippen molar-refractivity contribution >= 4 is 0 Å². The second kappa shape index (κ2) is 8.35. The van der Waals surface area contributed by atoms with Gasteiger partial charge >= 0.3 is 0 Å². The van der Waals surface area contributed by atoms with Crippen molar-refractivity contribution < 1.29 is 5.11 Å². The van der Waals surface area contributed by atoms with Crippen LogP contribution >= 0.6 is 0 Å². The molecule has 2 aliphatic rings. The van der Waals surface area contributed by atoms with Crippen molar-refractivity contribution in [2.75, 3.05) is 13.2 Å². The van der Waals surface area contributed by atoms with E-state index in [-0.39, 0.29) is 0 Å². The summed E-state index contributed by atoms with van der Waals surface area (Å²) >= 11 is 0. The first-order chi connectivity index (χ1) is 9.72. The van der Waals surface area contributed by atoms with Crippen LogP contribution in [0.1, 0.15) is 65.2 Å². The predicted molar refractivity (Wildman–Crippen MR) is 84.9 cm³/mol. The molecule has 4 atom stereocenters. The summed E-state index contributed by atoms with van der Waals surface area (Å²) in [5.74, 6) is 1.40. The Morgan fingerprint density at radius 1 is 1.10 bits per heavy atom. The number of aliphatic hydroxyl groups is 1. The van der Waals surface area contributed by atoms with Gasteiger partial charge in [0.15, 0.2) is 0 Å². The summed E-state index contributed by atoms with van der Waals surface area (Å²) in [6.07, 6.45) is 10.4. The van der Waals surface area contributed by atoms with Gasteiger partial charge in [-0.3, -0.25) is 0 Å². The van der Waals surface area contributed by atoms with E-state index in [1.165, 1.54) is 51.5 Å². The van der Waals surface area contributed by atoms with Gasteiger partial charge in [0.25, 0.3) is 0 Å². The van der Waals surface area contributed by atoms with E-state index in [4.69, 9.17) is 0 Å². The monoisotopic (exact) mass is 282 g/mol. The lowest BCUT2D eigenvalue weighted by Gasteiger charge is -2.42. The fraction of sp³-hybridized carbons (Fsp3) is 1.00. The van der Waals surface area contributed by atoms with E-state index in [1.54, 1.807) is 0 Å². The Kier molecular flexibility index (Phi) is 6.79. The van der Waals surface area contributed by atoms with Crippen LogP contribution in [0, 0.1) is 11.8 Å². The fourth-order valence-corrected chi connectivity index (χ4v) is 4.12. The second-order valence-electron chi connectivity index (χ2n) is 7.14. The molecule has 1 heterocycles. The lowest BCUT2D eigenvalue weighted by Crippen LogP contribution is -2.53. The highest BCUT2D eigenvalue weighted by Gasteiger charge is 2.33. The smallest absolute Gasteiger partial charge is 0.0445 e. The SMILES string of the molecule is CC(C)C(CCO)NC1CCCCC1C1CCCCN1. The first kappa shape index (κ1) is 16.3. The highest BCUT2D eigenvalue weighted by Crippen LogP contribution is 2.31. The first-order valence-electron chi connectivity index (χ1n) is 8.82. The molecule has 2 rings (SSSR count). The largest absolute Gasteiger partial charge is 0.396 e. The maximum Gasteiger partial charge on any atom is 0.0445 e. The zero-order valence-corrected chi connectivity index (χ0v) is 13.4. The van der Waals surface area contributed by atoms with Gasteiger partial charge in [-0.05, 0) is 50.5 Å². The molecule has 3 N–H and O–H groups in total. The maximum absolute atomic E-state index is 9.28. The van der Waals surface area contributed by atoms with Crippen LogP contribution in [-0.4, -0.2) is 36.4 Å². The van der Waals surface area contributed by atoms with E-state index in [0.29, 0.717) is 24.6 Å². The van der Waals surface area contributed by atoms with Gasteiger partial charge in [-0.25, -0.2) is 0 Å². The molecule has 0 spiro atoms.